The van der Waals surface area contributed by atoms with Crippen LogP contribution in [0.3, 0.4) is 0 Å². The van der Waals surface area contributed by atoms with E-state index >= 15 is 0 Å². The van der Waals surface area contributed by atoms with Gasteiger partial charge < -0.3 is 5.32 Å². The van der Waals surface area contributed by atoms with Gasteiger partial charge in [-0.15, -0.1) is 0 Å². The summed E-state index contributed by atoms with van der Waals surface area (Å²) < 4.78 is 1.82. The van der Waals surface area contributed by atoms with Crippen LogP contribution in [-0.4, -0.2) is 22.2 Å². The summed E-state index contributed by atoms with van der Waals surface area (Å²) in [6.45, 7) is 6.67. The lowest BCUT2D eigenvalue weighted by atomic mass is 10.0. The van der Waals surface area contributed by atoms with Crippen LogP contribution in [-0.2, 0) is 11.8 Å². The summed E-state index contributed by atoms with van der Waals surface area (Å²) in [6.07, 6.45) is 3.41. The number of rotatable bonds is 5. The molecule has 0 radical (unpaired) electrons. The van der Waals surface area contributed by atoms with E-state index in [2.05, 4.69) is 29.5 Å². The van der Waals surface area contributed by atoms with Crippen molar-refractivity contribution in [1.29, 1.82) is 0 Å². The monoisotopic (exact) mass is 297 g/mol. The Labute approximate surface area is 131 Å². The summed E-state index contributed by atoms with van der Waals surface area (Å²) in [4.78, 5) is 12.0. The van der Waals surface area contributed by atoms with E-state index in [9.17, 15) is 4.79 Å². The zero-order chi connectivity index (χ0) is 16.1. The topological polar surface area (TPSA) is 46.9 Å². The zero-order valence-electron chi connectivity index (χ0n) is 13.6. The lowest BCUT2D eigenvalue weighted by molar-refractivity contribution is -0.116. The maximum Gasteiger partial charge on any atom is 0.244 e. The third-order valence-corrected chi connectivity index (χ3v) is 3.92. The number of hydrogen-bond acceptors (Lipinski definition) is 2. The van der Waals surface area contributed by atoms with E-state index in [1.807, 2.05) is 49.9 Å². The van der Waals surface area contributed by atoms with Crippen molar-refractivity contribution < 1.29 is 4.79 Å². The van der Waals surface area contributed by atoms with Gasteiger partial charge in [-0.2, -0.15) is 5.10 Å². The first-order valence-electron chi connectivity index (χ1n) is 7.50. The first kappa shape index (κ1) is 16.0. The zero-order valence-corrected chi connectivity index (χ0v) is 13.6. The minimum Gasteiger partial charge on any atom is -0.352 e. The predicted molar refractivity (Wildman–Crippen MR) is 89.6 cm³/mol. The molecule has 0 saturated heterocycles. The number of aryl methyl sites for hydroxylation is 2. The van der Waals surface area contributed by atoms with Gasteiger partial charge in [-0.3, -0.25) is 9.48 Å². The quantitative estimate of drug-likeness (QED) is 0.863. The van der Waals surface area contributed by atoms with Gasteiger partial charge in [-0.05, 0) is 31.4 Å². The fourth-order valence-electron chi connectivity index (χ4n) is 2.40. The lowest BCUT2D eigenvalue weighted by Gasteiger charge is -2.11. The van der Waals surface area contributed by atoms with Crippen molar-refractivity contribution in [1.82, 2.24) is 15.1 Å². The van der Waals surface area contributed by atoms with Crippen molar-refractivity contribution in [2.45, 2.75) is 26.7 Å². The first-order chi connectivity index (χ1) is 10.5. The summed E-state index contributed by atoms with van der Waals surface area (Å²) in [5, 5.41) is 7.28. The SMILES string of the molecule is Cc1nn(C)c(C)c1/C=C\C(=O)NC[C@@H](C)c1ccccc1. The molecule has 1 amide bonds. The third-order valence-electron chi connectivity index (χ3n) is 3.92. The largest absolute Gasteiger partial charge is 0.352 e. The fourth-order valence-corrected chi connectivity index (χ4v) is 2.40. The number of amides is 1. The van der Waals surface area contributed by atoms with Crippen molar-refractivity contribution in [3.8, 4) is 0 Å². The highest BCUT2D eigenvalue weighted by Crippen LogP contribution is 2.14. The van der Waals surface area contributed by atoms with Gasteiger partial charge in [0.25, 0.3) is 0 Å². The van der Waals surface area contributed by atoms with E-state index in [-0.39, 0.29) is 5.91 Å². The Bertz CT molecular complexity index is 671. The van der Waals surface area contributed by atoms with Gasteiger partial charge in [0.15, 0.2) is 0 Å². The molecule has 2 aromatic rings. The molecular weight excluding hydrogens is 274 g/mol. The summed E-state index contributed by atoms with van der Waals surface area (Å²) in [5.41, 5.74) is 4.22. The Morgan fingerprint density at radius 3 is 2.59 bits per heavy atom. The van der Waals surface area contributed by atoms with Crippen LogP contribution in [0.5, 0.6) is 0 Å². The van der Waals surface area contributed by atoms with E-state index in [1.165, 1.54) is 5.56 Å². The normalized spacial score (nSPS) is 12.5. The molecule has 1 heterocycles. The second kappa shape index (κ2) is 7.07. The van der Waals surface area contributed by atoms with Crippen LogP contribution in [0, 0.1) is 13.8 Å². The van der Waals surface area contributed by atoms with Crippen LogP contribution < -0.4 is 5.32 Å². The average Bonchev–Trinajstić information content (AvgIpc) is 2.76. The van der Waals surface area contributed by atoms with E-state index in [1.54, 1.807) is 6.08 Å². The number of nitrogens with zero attached hydrogens (tertiary/aromatic N) is 2. The molecule has 0 aliphatic carbocycles. The second-order valence-electron chi connectivity index (χ2n) is 5.60. The first-order valence-corrected chi connectivity index (χ1v) is 7.50. The molecule has 2 rings (SSSR count). The number of hydrogen-bond donors (Lipinski definition) is 1. The van der Waals surface area contributed by atoms with Gasteiger partial charge in [0, 0.05) is 30.9 Å². The molecule has 4 heteroatoms. The Morgan fingerprint density at radius 1 is 1.32 bits per heavy atom. The molecule has 0 unspecified atom stereocenters. The van der Waals surface area contributed by atoms with Crippen LogP contribution in [0.1, 0.15) is 35.4 Å². The van der Waals surface area contributed by atoms with E-state index in [0.29, 0.717) is 12.5 Å². The highest BCUT2D eigenvalue weighted by molar-refractivity contribution is 5.92. The standard InChI is InChI=1S/C18H23N3O/c1-13(16-8-6-5-7-9-16)12-19-18(22)11-10-17-14(2)20-21(4)15(17)3/h5-11,13H,12H2,1-4H3,(H,19,22)/b11-10-/t13-/m1/s1. The van der Waals surface area contributed by atoms with Crippen LogP contribution >= 0.6 is 0 Å². The Balaban J connectivity index is 1.92. The molecule has 0 spiro atoms. The maximum absolute atomic E-state index is 12.0. The molecule has 1 N–H and O–H groups in total. The number of aromatic nitrogens is 2. The molecule has 0 fully saturated rings. The van der Waals surface area contributed by atoms with E-state index in [4.69, 9.17) is 0 Å². The third kappa shape index (κ3) is 3.85. The minimum atomic E-state index is -0.0783. The van der Waals surface area contributed by atoms with Crippen molar-refractivity contribution in [3.63, 3.8) is 0 Å². The van der Waals surface area contributed by atoms with Gasteiger partial charge in [0.05, 0.1) is 5.69 Å². The lowest BCUT2D eigenvalue weighted by Crippen LogP contribution is -2.25. The minimum absolute atomic E-state index is 0.0783. The van der Waals surface area contributed by atoms with Gasteiger partial charge in [0.1, 0.15) is 0 Å². The number of carbonyl (C=O) groups excluding carboxylic acids is 1. The summed E-state index contributed by atoms with van der Waals surface area (Å²) in [5.74, 6) is 0.214. The molecule has 0 aliphatic heterocycles. The summed E-state index contributed by atoms with van der Waals surface area (Å²) >= 11 is 0. The molecule has 116 valence electrons. The molecule has 4 nitrogen and oxygen atoms in total. The average molecular weight is 297 g/mol. The summed E-state index contributed by atoms with van der Waals surface area (Å²) in [7, 11) is 1.90. The fraction of sp³-hybridized carbons (Fsp3) is 0.333. The Morgan fingerprint density at radius 2 is 2.00 bits per heavy atom. The van der Waals surface area contributed by atoms with Gasteiger partial charge >= 0.3 is 0 Å². The van der Waals surface area contributed by atoms with Crippen molar-refractivity contribution >= 4 is 12.0 Å². The number of nitrogens with one attached hydrogen (secondary N) is 1. The number of carbonyl (C=O) groups is 1. The predicted octanol–water partition coefficient (Wildman–Crippen LogP) is 2.97. The van der Waals surface area contributed by atoms with E-state index in [0.717, 1.165) is 17.0 Å². The molecule has 0 aliphatic rings. The van der Waals surface area contributed by atoms with Crippen LogP contribution in [0.2, 0.25) is 0 Å². The highest BCUT2D eigenvalue weighted by atomic mass is 16.1. The van der Waals surface area contributed by atoms with Gasteiger partial charge in [-0.25, -0.2) is 0 Å². The van der Waals surface area contributed by atoms with Crippen molar-refractivity contribution in [2.75, 3.05) is 6.54 Å². The number of benzene rings is 1. The van der Waals surface area contributed by atoms with E-state index < -0.39 is 0 Å². The second-order valence-corrected chi connectivity index (χ2v) is 5.60. The molecule has 0 saturated carbocycles. The Hall–Kier alpha value is -2.36. The van der Waals surface area contributed by atoms with Crippen LogP contribution in [0.25, 0.3) is 6.08 Å². The molecule has 22 heavy (non-hydrogen) atoms. The molecule has 1 aromatic heterocycles. The van der Waals surface area contributed by atoms with Gasteiger partial charge in [-0.1, -0.05) is 37.3 Å². The molecular formula is C18H23N3O. The van der Waals surface area contributed by atoms with Crippen LogP contribution in [0.4, 0.5) is 0 Å². The molecule has 1 aromatic carbocycles. The summed E-state index contributed by atoms with van der Waals surface area (Å²) in [6, 6.07) is 10.2. The highest BCUT2D eigenvalue weighted by Gasteiger charge is 2.08. The van der Waals surface area contributed by atoms with Crippen molar-refractivity contribution in [2.24, 2.45) is 7.05 Å². The maximum atomic E-state index is 12.0. The van der Waals surface area contributed by atoms with Crippen LogP contribution in [0.15, 0.2) is 36.4 Å². The smallest absolute Gasteiger partial charge is 0.244 e. The van der Waals surface area contributed by atoms with Gasteiger partial charge in [0.2, 0.25) is 5.91 Å². The van der Waals surface area contributed by atoms with Crippen molar-refractivity contribution in [3.05, 3.63) is 58.9 Å². The Kier molecular flexibility index (Phi) is 5.15. The molecule has 1 atom stereocenters. The molecule has 0 bridgehead atoms.